The van der Waals surface area contributed by atoms with Crippen LogP contribution in [0.2, 0.25) is 0 Å². The number of rotatable bonds is 20. The van der Waals surface area contributed by atoms with Crippen molar-refractivity contribution >= 4 is 36.6 Å². The monoisotopic (exact) mass is 981 g/mol. The Labute approximate surface area is 343 Å². The van der Waals surface area contributed by atoms with E-state index in [4.69, 9.17) is 23.7 Å². The van der Waals surface area contributed by atoms with Crippen LogP contribution < -0.4 is 15.4 Å². The Balaban J connectivity index is 0.0000101. The second-order valence-corrected chi connectivity index (χ2v) is 13.3. The molecule has 0 bridgehead atoms. The number of anilines is 1. The molecular formula is C35H45N2O16Th-. The zero-order chi connectivity index (χ0) is 39.3. The third-order valence-corrected chi connectivity index (χ3v) is 7.94. The van der Waals surface area contributed by atoms with E-state index in [1.54, 1.807) is 19.9 Å². The minimum atomic E-state index is -1.97. The number of hydrogen-bond acceptors (Lipinski definition) is 15. The zero-order valence-electron chi connectivity index (χ0n) is 30.1. The third-order valence-electron chi connectivity index (χ3n) is 7.94. The Morgan fingerprint density at radius 1 is 0.944 bits per heavy atom. The summed E-state index contributed by atoms with van der Waals surface area (Å²) in [6, 6.07) is 8.58. The molecule has 0 spiro atoms. The zero-order valence-corrected chi connectivity index (χ0v) is 34.2. The molecule has 1 fully saturated rings. The maximum Gasteiger partial charge on any atom is 0.411 e. The Hall–Kier alpha value is -3.53. The molecule has 1 heterocycles. The number of aliphatic hydroxyl groups excluding tert-OH is 3. The molecule has 2 aromatic rings. The van der Waals surface area contributed by atoms with Gasteiger partial charge >= 0.3 is 12.1 Å². The van der Waals surface area contributed by atoms with Crippen molar-refractivity contribution in [2.45, 2.75) is 102 Å². The Morgan fingerprint density at radius 3 is 2.28 bits per heavy atom. The van der Waals surface area contributed by atoms with Crippen molar-refractivity contribution in [3.63, 3.8) is 0 Å². The van der Waals surface area contributed by atoms with E-state index in [9.17, 15) is 49.5 Å². The summed E-state index contributed by atoms with van der Waals surface area (Å²) in [6.07, 6.45) is -9.79. The van der Waals surface area contributed by atoms with E-state index in [1.807, 2.05) is 13.8 Å². The van der Waals surface area contributed by atoms with Crippen molar-refractivity contribution in [1.82, 2.24) is 5.32 Å². The first-order valence-corrected chi connectivity index (χ1v) is 16.4. The molecule has 0 radical (unpaired) electrons. The molecule has 2 amide bonds. The second kappa shape index (κ2) is 21.5. The van der Waals surface area contributed by atoms with Gasteiger partial charge in [0.15, 0.2) is 6.10 Å². The van der Waals surface area contributed by atoms with E-state index in [2.05, 4.69) is 15.4 Å². The number of aliphatic hydroxyl groups is 4. The predicted molar refractivity (Wildman–Crippen MR) is 181 cm³/mol. The van der Waals surface area contributed by atoms with E-state index >= 15 is 0 Å². The van der Waals surface area contributed by atoms with Gasteiger partial charge in [0.05, 0.1) is 35.7 Å². The molecule has 3 rings (SSSR count). The fourth-order valence-electron chi connectivity index (χ4n) is 4.95. The van der Waals surface area contributed by atoms with Crippen molar-refractivity contribution in [3.05, 3.63) is 58.7 Å². The normalized spacial score (nSPS) is 19.7. The van der Waals surface area contributed by atoms with Gasteiger partial charge in [0, 0.05) is 52.0 Å². The number of aliphatic carboxylic acids is 1. The number of carbonyl (C=O) groups is 4. The van der Waals surface area contributed by atoms with Crippen LogP contribution in [0.15, 0.2) is 36.4 Å². The molecule has 19 heteroatoms. The van der Waals surface area contributed by atoms with Gasteiger partial charge in [0.1, 0.15) is 37.3 Å². The average Bonchev–Trinajstić information content (AvgIpc) is 3.09. The van der Waals surface area contributed by atoms with Gasteiger partial charge in [0.2, 0.25) is 6.29 Å². The molecule has 0 aliphatic carbocycles. The fourth-order valence-corrected chi connectivity index (χ4v) is 4.95. The summed E-state index contributed by atoms with van der Waals surface area (Å²) in [5.74, 6) is -2.52. The molecular weight excluding hydrogens is 936 g/mol. The molecule has 2 aromatic carbocycles. The number of carboxylic acids is 1. The molecule has 1 aliphatic rings. The van der Waals surface area contributed by atoms with Gasteiger partial charge < -0.3 is 64.1 Å². The number of ether oxygens (including phenoxy) is 6. The van der Waals surface area contributed by atoms with Crippen molar-refractivity contribution in [3.8, 4) is 5.75 Å². The van der Waals surface area contributed by atoms with Gasteiger partial charge in [-0.05, 0) is 75.9 Å². The number of carboxylic acid groups (broad SMARTS) is 1. The van der Waals surface area contributed by atoms with Crippen LogP contribution in [0.5, 0.6) is 5.75 Å². The summed E-state index contributed by atoms with van der Waals surface area (Å²) >= 11 is 0. The van der Waals surface area contributed by atoms with Crippen LogP contribution in [0.1, 0.15) is 67.6 Å². The summed E-state index contributed by atoms with van der Waals surface area (Å²) in [4.78, 5) is 59.1. The standard InChI is InChI=1S/C35H45N2O16.Th/c1-34(2,47)10-12-51-35(3,4)9-11-36-30(43)23-14-21(6-8-25(23)52-32-28(42)26(40)27(41)29(53-32)31(44)45)16-50-33(46)37-24-7-5-20(15-48-18-38)13-22(24)17-49-19-39;/h5-8,13-14,19,26-29,32,40-42,47H,9-12,15-17H2,1-4H3,(H,36,43)(H,37,46)(H,44,45);/q-1;/t26-,27-,28+,29-,32+;/m0./s1. The molecule has 0 saturated carbocycles. The number of benzene rings is 2. The minimum Gasteiger partial charge on any atom is -0.650 e. The molecule has 18 nitrogen and oxygen atoms in total. The summed E-state index contributed by atoms with van der Waals surface area (Å²) < 4.78 is 31.5. The van der Waals surface area contributed by atoms with Gasteiger partial charge in [-0.25, -0.2) is 9.59 Å². The molecule has 1 saturated heterocycles. The molecule has 296 valence electrons. The van der Waals surface area contributed by atoms with Crippen molar-refractivity contribution in [2.24, 2.45) is 0 Å². The van der Waals surface area contributed by atoms with E-state index in [0.717, 1.165) is 0 Å². The smallest absolute Gasteiger partial charge is 0.411 e. The first-order valence-electron chi connectivity index (χ1n) is 16.4. The van der Waals surface area contributed by atoms with Crippen LogP contribution in [-0.4, -0.2) is 112 Å². The van der Waals surface area contributed by atoms with Gasteiger partial charge in [-0.2, -0.15) is 0 Å². The molecule has 7 N–H and O–H groups in total. The van der Waals surface area contributed by atoms with Crippen LogP contribution in [0.4, 0.5) is 10.5 Å². The van der Waals surface area contributed by atoms with E-state index < -0.39 is 59.9 Å². The van der Waals surface area contributed by atoms with Crippen LogP contribution in [0.3, 0.4) is 0 Å². The topological polar surface area (TPSA) is 266 Å². The van der Waals surface area contributed by atoms with Gasteiger partial charge in [0.25, 0.3) is 12.4 Å². The van der Waals surface area contributed by atoms with E-state index in [1.165, 1.54) is 36.8 Å². The van der Waals surface area contributed by atoms with Gasteiger partial charge in [-0.1, -0.05) is 18.6 Å². The van der Waals surface area contributed by atoms with Crippen molar-refractivity contribution in [2.75, 3.05) is 18.5 Å². The molecule has 54 heavy (non-hydrogen) atoms. The Bertz CT molecular complexity index is 1580. The number of nitrogens with one attached hydrogen (secondary N) is 2. The largest absolute Gasteiger partial charge is 0.650 e. The van der Waals surface area contributed by atoms with Gasteiger partial charge in [-0.3, -0.25) is 14.9 Å². The summed E-state index contributed by atoms with van der Waals surface area (Å²) in [5.41, 5.74) is -0.342. The molecule has 0 unspecified atom stereocenters. The fraction of sp³-hybridized carbons (Fsp3) is 0.514. The van der Waals surface area contributed by atoms with E-state index in [-0.39, 0.29) is 96.4 Å². The Kier molecular flexibility index (Phi) is 18.6. The first kappa shape index (κ1) is 46.6. The summed E-state index contributed by atoms with van der Waals surface area (Å²) in [7, 11) is 0. The number of hydrogen-bond donors (Lipinski definition) is 7. The van der Waals surface area contributed by atoms with Crippen molar-refractivity contribution in [1.29, 1.82) is 0 Å². The third kappa shape index (κ3) is 14.6. The minimum absolute atomic E-state index is 0. The molecule has 0 aromatic heterocycles. The van der Waals surface area contributed by atoms with Crippen LogP contribution >= 0.6 is 0 Å². The van der Waals surface area contributed by atoms with Gasteiger partial charge in [-0.15, -0.1) is 0 Å². The maximum atomic E-state index is 13.5. The quantitative estimate of drug-likeness (QED) is 0.0555. The summed E-state index contributed by atoms with van der Waals surface area (Å²) in [5, 5.41) is 55.4. The van der Waals surface area contributed by atoms with Crippen LogP contribution in [0.25, 0.3) is 0 Å². The number of carbonyl (C=O) groups excluding carboxylic acids is 4. The molecule has 5 atom stereocenters. The van der Waals surface area contributed by atoms with Crippen LogP contribution in [0, 0.1) is 39.9 Å². The maximum absolute atomic E-state index is 13.5. The summed E-state index contributed by atoms with van der Waals surface area (Å²) in [6.45, 7) is 8.15. The molecule has 1 aliphatic heterocycles. The van der Waals surface area contributed by atoms with Crippen LogP contribution in [-0.2, 0) is 57.9 Å². The van der Waals surface area contributed by atoms with Crippen molar-refractivity contribution < 1.29 is 118 Å². The predicted octanol–water partition coefficient (Wildman–Crippen LogP) is 1.04. The Morgan fingerprint density at radius 2 is 1.63 bits per heavy atom. The van der Waals surface area contributed by atoms with E-state index in [0.29, 0.717) is 29.5 Å². The average molecular weight is 982 g/mol. The first-order chi connectivity index (χ1) is 24.9. The second-order valence-electron chi connectivity index (χ2n) is 13.3. The SMILES string of the molecule is CC(C)(O)CCOC(C)(C)CCNC(=O)c1cc(COC(=O)Nc2ccc(CO[C-]=O)cc2COC=O)ccc1O[C@@H]1O[C@H](C(=O)O)[C@@H](O)[C@H](O)[C@H]1O.[Th]. The number of amides is 2.